The van der Waals surface area contributed by atoms with Crippen LogP contribution >= 0.6 is 23.2 Å². The Morgan fingerprint density at radius 2 is 1.73 bits per heavy atom. The number of hydrogen-bond donors (Lipinski definition) is 1. The fourth-order valence-corrected chi connectivity index (χ4v) is 2.97. The van der Waals surface area contributed by atoms with Crippen LogP contribution in [0.1, 0.15) is 31.7 Å². The van der Waals surface area contributed by atoms with E-state index in [1.54, 1.807) is 6.07 Å². The Labute approximate surface area is 101 Å². The average Bonchev–Trinajstić information content (AvgIpc) is 2.43. The summed E-state index contributed by atoms with van der Waals surface area (Å²) in [6.45, 7) is 4.42. The summed E-state index contributed by atoms with van der Waals surface area (Å²) < 4.78 is 0. The second-order valence-corrected chi connectivity index (χ2v) is 5.27. The summed E-state index contributed by atoms with van der Waals surface area (Å²) in [4.78, 5) is 0. The molecule has 0 spiro atoms. The molecule has 0 saturated carbocycles. The lowest BCUT2D eigenvalue weighted by Crippen LogP contribution is -2.26. The van der Waals surface area contributed by atoms with Crippen LogP contribution in [0.25, 0.3) is 0 Å². The summed E-state index contributed by atoms with van der Waals surface area (Å²) in [7, 11) is 0. The number of benzene rings is 1. The lowest BCUT2D eigenvalue weighted by molar-refractivity contribution is 0.575. The Hall–Kier alpha value is -0.240. The molecule has 1 aromatic carbocycles. The van der Waals surface area contributed by atoms with Crippen LogP contribution in [0.15, 0.2) is 18.2 Å². The lowest BCUT2D eigenvalue weighted by Gasteiger charge is -2.15. The van der Waals surface area contributed by atoms with Crippen LogP contribution in [0.5, 0.6) is 0 Å². The van der Waals surface area contributed by atoms with Gasteiger partial charge in [-0.25, -0.2) is 0 Å². The summed E-state index contributed by atoms with van der Waals surface area (Å²) >= 11 is 12.0. The molecule has 1 aliphatic rings. The molecule has 1 saturated heterocycles. The zero-order chi connectivity index (χ0) is 11.0. The van der Waals surface area contributed by atoms with Gasteiger partial charge in [-0.2, -0.15) is 0 Å². The molecule has 1 aromatic rings. The molecule has 3 unspecified atom stereocenters. The van der Waals surface area contributed by atoms with Crippen molar-refractivity contribution in [2.24, 2.45) is 0 Å². The molecule has 0 amide bonds. The maximum Gasteiger partial charge on any atom is 0.0423 e. The third-order valence-electron chi connectivity index (χ3n) is 3.07. The monoisotopic (exact) mass is 243 g/mol. The van der Waals surface area contributed by atoms with Gasteiger partial charge in [0.05, 0.1) is 0 Å². The van der Waals surface area contributed by atoms with Crippen molar-refractivity contribution in [2.45, 2.75) is 38.3 Å². The Morgan fingerprint density at radius 3 is 2.20 bits per heavy atom. The SMILES string of the molecule is CC1CC(c2cc(Cl)cc(Cl)c2)C(C)N1. The van der Waals surface area contributed by atoms with Gasteiger partial charge < -0.3 is 5.32 Å². The number of halogens is 2. The van der Waals surface area contributed by atoms with Crippen LogP contribution < -0.4 is 5.32 Å². The van der Waals surface area contributed by atoms with Gasteiger partial charge in [-0.1, -0.05) is 23.2 Å². The van der Waals surface area contributed by atoms with Gasteiger partial charge in [0, 0.05) is 28.0 Å². The van der Waals surface area contributed by atoms with E-state index in [2.05, 4.69) is 19.2 Å². The minimum atomic E-state index is 0.495. The maximum absolute atomic E-state index is 6.01. The highest BCUT2D eigenvalue weighted by molar-refractivity contribution is 6.34. The van der Waals surface area contributed by atoms with Crippen LogP contribution in [-0.2, 0) is 0 Å². The van der Waals surface area contributed by atoms with Gasteiger partial charge in [0.2, 0.25) is 0 Å². The van der Waals surface area contributed by atoms with Gasteiger partial charge in [-0.3, -0.25) is 0 Å². The van der Waals surface area contributed by atoms with Crippen molar-refractivity contribution in [2.75, 3.05) is 0 Å². The minimum absolute atomic E-state index is 0.495. The van der Waals surface area contributed by atoms with E-state index in [4.69, 9.17) is 23.2 Å². The molecule has 0 bridgehead atoms. The first kappa shape index (κ1) is 11.3. The number of hydrogen-bond acceptors (Lipinski definition) is 1. The van der Waals surface area contributed by atoms with Gasteiger partial charge in [0.15, 0.2) is 0 Å². The predicted octanol–water partition coefficient (Wildman–Crippen LogP) is 3.85. The molecule has 1 aliphatic heterocycles. The van der Waals surface area contributed by atoms with Crippen molar-refractivity contribution >= 4 is 23.2 Å². The normalized spacial score (nSPS) is 30.8. The first-order valence-electron chi connectivity index (χ1n) is 5.28. The second kappa shape index (κ2) is 4.32. The van der Waals surface area contributed by atoms with E-state index >= 15 is 0 Å². The Bertz CT molecular complexity index is 344. The summed E-state index contributed by atoms with van der Waals surface area (Å²) in [6.07, 6.45) is 1.15. The van der Waals surface area contributed by atoms with E-state index < -0.39 is 0 Å². The van der Waals surface area contributed by atoms with Crippen LogP contribution in [-0.4, -0.2) is 12.1 Å². The van der Waals surface area contributed by atoms with Crippen molar-refractivity contribution in [3.8, 4) is 0 Å². The highest BCUT2D eigenvalue weighted by atomic mass is 35.5. The summed E-state index contributed by atoms with van der Waals surface area (Å²) in [5.74, 6) is 0.524. The van der Waals surface area contributed by atoms with Crippen molar-refractivity contribution < 1.29 is 0 Å². The molecule has 1 heterocycles. The third kappa shape index (κ3) is 2.47. The molecular formula is C12H15Cl2N. The molecule has 0 aliphatic carbocycles. The smallest absolute Gasteiger partial charge is 0.0423 e. The fourth-order valence-electron chi connectivity index (χ4n) is 2.43. The van der Waals surface area contributed by atoms with Gasteiger partial charge >= 0.3 is 0 Å². The van der Waals surface area contributed by atoms with Crippen molar-refractivity contribution in [1.82, 2.24) is 5.32 Å². The van der Waals surface area contributed by atoms with Crippen molar-refractivity contribution in [1.29, 1.82) is 0 Å². The third-order valence-corrected chi connectivity index (χ3v) is 3.51. The molecule has 0 aromatic heterocycles. The Kier molecular flexibility index (Phi) is 3.24. The Balaban J connectivity index is 2.29. The zero-order valence-electron chi connectivity index (χ0n) is 8.93. The van der Waals surface area contributed by atoms with E-state index in [-0.39, 0.29) is 0 Å². The topological polar surface area (TPSA) is 12.0 Å². The van der Waals surface area contributed by atoms with Crippen LogP contribution in [0, 0.1) is 0 Å². The quantitative estimate of drug-likeness (QED) is 0.791. The van der Waals surface area contributed by atoms with Gasteiger partial charge in [-0.15, -0.1) is 0 Å². The predicted molar refractivity (Wildman–Crippen MR) is 65.9 cm³/mol. The fraction of sp³-hybridized carbons (Fsp3) is 0.500. The molecule has 1 fully saturated rings. The van der Waals surface area contributed by atoms with E-state index in [0.717, 1.165) is 16.5 Å². The van der Waals surface area contributed by atoms with Crippen LogP contribution in [0.2, 0.25) is 10.0 Å². The molecule has 1 N–H and O–H groups in total. The average molecular weight is 244 g/mol. The number of rotatable bonds is 1. The first-order chi connectivity index (χ1) is 7.06. The molecule has 1 nitrogen and oxygen atoms in total. The van der Waals surface area contributed by atoms with Gasteiger partial charge in [0.25, 0.3) is 0 Å². The number of nitrogens with one attached hydrogen (secondary N) is 1. The maximum atomic E-state index is 6.01. The van der Waals surface area contributed by atoms with E-state index in [0.29, 0.717) is 18.0 Å². The van der Waals surface area contributed by atoms with Gasteiger partial charge in [0.1, 0.15) is 0 Å². The van der Waals surface area contributed by atoms with E-state index in [1.807, 2.05) is 12.1 Å². The zero-order valence-corrected chi connectivity index (χ0v) is 10.4. The summed E-state index contributed by atoms with van der Waals surface area (Å²) in [5.41, 5.74) is 1.25. The first-order valence-corrected chi connectivity index (χ1v) is 6.04. The highest BCUT2D eigenvalue weighted by Gasteiger charge is 2.29. The molecule has 3 atom stereocenters. The van der Waals surface area contributed by atoms with E-state index in [1.165, 1.54) is 5.56 Å². The molecule has 15 heavy (non-hydrogen) atoms. The van der Waals surface area contributed by atoms with Crippen molar-refractivity contribution in [3.63, 3.8) is 0 Å². The largest absolute Gasteiger partial charge is 0.311 e. The summed E-state index contributed by atoms with van der Waals surface area (Å²) in [6, 6.07) is 6.89. The van der Waals surface area contributed by atoms with Crippen LogP contribution in [0.4, 0.5) is 0 Å². The Morgan fingerprint density at radius 1 is 1.13 bits per heavy atom. The van der Waals surface area contributed by atoms with Crippen molar-refractivity contribution in [3.05, 3.63) is 33.8 Å². The van der Waals surface area contributed by atoms with Crippen LogP contribution in [0.3, 0.4) is 0 Å². The summed E-state index contributed by atoms with van der Waals surface area (Å²) in [5, 5.41) is 4.97. The highest BCUT2D eigenvalue weighted by Crippen LogP contribution is 2.33. The minimum Gasteiger partial charge on any atom is -0.311 e. The molecule has 82 valence electrons. The van der Waals surface area contributed by atoms with Gasteiger partial charge in [-0.05, 0) is 44.0 Å². The molecular weight excluding hydrogens is 229 g/mol. The molecule has 2 rings (SSSR count). The molecule has 0 radical (unpaired) electrons. The van der Waals surface area contributed by atoms with E-state index in [9.17, 15) is 0 Å². The molecule has 3 heteroatoms. The lowest BCUT2D eigenvalue weighted by atomic mass is 9.92. The standard InChI is InChI=1S/C12H15Cl2N/c1-7-3-12(8(2)15-7)9-4-10(13)6-11(14)5-9/h4-8,12,15H,3H2,1-2H3. The second-order valence-electron chi connectivity index (χ2n) is 4.40.